The predicted octanol–water partition coefficient (Wildman–Crippen LogP) is -5.66. The van der Waals surface area contributed by atoms with E-state index in [1.54, 1.807) is 0 Å². The highest BCUT2D eigenvalue weighted by Crippen LogP contribution is 2.29. The molecule has 3 rings (SSSR count). The van der Waals surface area contributed by atoms with Crippen molar-refractivity contribution in [2.75, 3.05) is 19.8 Å². The maximum atomic E-state index is 10.2. The molecule has 0 unspecified atom stereocenters. The van der Waals surface area contributed by atoms with Crippen molar-refractivity contribution in [2.24, 2.45) is 0 Å². The minimum Gasteiger partial charge on any atom is -0.394 e. The molecular weight excluding hydrogens is 388 g/mol. The van der Waals surface area contributed by atoms with Crippen molar-refractivity contribution in [3.63, 3.8) is 0 Å². The minimum absolute atomic E-state index is 0.317. The molecule has 164 valence electrons. The Kier molecular flexibility index (Phi) is 7.20. The molecule has 0 bridgehead atoms. The Morgan fingerprint density at radius 1 is 0.714 bits per heavy atom. The van der Waals surface area contributed by atoms with Gasteiger partial charge in [0, 0.05) is 0 Å². The van der Waals surface area contributed by atoms with Crippen molar-refractivity contribution < 1.29 is 64.5 Å². The van der Waals surface area contributed by atoms with Gasteiger partial charge in [-0.25, -0.2) is 0 Å². The summed E-state index contributed by atoms with van der Waals surface area (Å²) in [5, 5.41) is 78.1. The van der Waals surface area contributed by atoms with Crippen LogP contribution in [-0.4, -0.2) is 134 Å². The summed E-state index contributed by atoms with van der Waals surface area (Å²) in [6.07, 6.45) is -17.2. The van der Waals surface area contributed by atoms with Crippen LogP contribution in [0.2, 0.25) is 0 Å². The van der Waals surface area contributed by atoms with Crippen LogP contribution in [0.1, 0.15) is 0 Å². The fraction of sp³-hybridized carbons (Fsp3) is 1.00. The first-order valence-electron chi connectivity index (χ1n) is 8.81. The predicted molar refractivity (Wildman–Crippen MR) is 83.2 cm³/mol. The first-order chi connectivity index (χ1) is 13.2. The quantitative estimate of drug-likeness (QED) is 0.211. The third-order valence-electron chi connectivity index (χ3n) is 4.98. The fourth-order valence-corrected chi connectivity index (χ4v) is 3.26. The summed E-state index contributed by atoms with van der Waals surface area (Å²) in [6, 6.07) is 0. The lowest BCUT2D eigenvalue weighted by Gasteiger charge is -2.42. The summed E-state index contributed by atoms with van der Waals surface area (Å²) >= 11 is 0. The van der Waals surface area contributed by atoms with Crippen LogP contribution >= 0.6 is 0 Å². The lowest BCUT2D eigenvalue weighted by molar-refractivity contribution is -0.343. The van der Waals surface area contributed by atoms with E-state index >= 15 is 0 Å². The molecule has 0 saturated carbocycles. The molecule has 3 saturated heterocycles. The Balaban J connectivity index is 1.69. The van der Waals surface area contributed by atoms with E-state index in [2.05, 4.69) is 0 Å². The average molecular weight is 414 g/mol. The highest BCUT2D eigenvalue weighted by atomic mass is 16.8. The molecule has 8 N–H and O–H groups in total. The molecule has 3 aliphatic rings. The molecule has 12 atom stereocenters. The monoisotopic (exact) mass is 414 g/mol. The van der Waals surface area contributed by atoms with Crippen LogP contribution in [0.4, 0.5) is 0 Å². The molecule has 0 aliphatic carbocycles. The van der Waals surface area contributed by atoms with Gasteiger partial charge >= 0.3 is 0 Å². The van der Waals surface area contributed by atoms with E-state index in [0.29, 0.717) is 0 Å². The zero-order valence-electron chi connectivity index (χ0n) is 14.7. The molecule has 3 heterocycles. The molecule has 0 aromatic rings. The fourth-order valence-electron chi connectivity index (χ4n) is 3.26. The standard InChI is InChI=1S/C15H26O13/c16-1-5-8(19)10(21)15(26-5)28-12-6(3-24-13(23)11(12)22)27-14-9(20)7(18)4(17)2-25-14/h4-23H,1-3H2/t4-,5+,6-,7+,8+,9-,10-,11-,12+,13-,14+,15+/m1/s1. The van der Waals surface area contributed by atoms with Crippen molar-refractivity contribution in [3.05, 3.63) is 0 Å². The Hall–Kier alpha value is -0.520. The van der Waals surface area contributed by atoms with Crippen LogP contribution in [0.25, 0.3) is 0 Å². The van der Waals surface area contributed by atoms with E-state index in [4.69, 9.17) is 28.8 Å². The van der Waals surface area contributed by atoms with Gasteiger partial charge in [0.15, 0.2) is 18.9 Å². The van der Waals surface area contributed by atoms with Gasteiger partial charge in [-0.3, -0.25) is 0 Å². The van der Waals surface area contributed by atoms with Crippen LogP contribution in [0.15, 0.2) is 0 Å². The molecule has 0 aromatic heterocycles. The number of ether oxygens (including phenoxy) is 5. The molecule has 13 nitrogen and oxygen atoms in total. The third kappa shape index (κ3) is 4.32. The van der Waals surface area contributed by atoms with Crippen molar-refractivity contribution >= 4 is 0 Å². The highest BCUT2D eigenvalue weighted by molar-refractivity contribution is 4.92. The zero-order chi connectivity index (χ0) is 20.6. The maximum Gasteiger partial charge on any atom is 0.187 e. The van der Waals surface area contributed by atoms with Gasteiger partial charge in [-0.15, -0.1) is 0 Å². The van der Waals surface area contributed by atoms with E-state index in [1.165, 1.54) is 0 Å². The van der Waals surface area contributed by atoms with Gasteiger partial charge in [-0.1, -0.05) is 0 Å². The van der Waals surface area contributed by atoms with Crippen molar-refractivity contribution in [3.8, 4) is 0 Å². The second kappa shape index (κ2) is 9.09. The number of hydrogen-bond donors (Lipinski definition) is 8. The zero-order valence-corrected chi connectivity index (χ0v) is 14.7. The minimum atomic E-state index is -1.66. The Labute approximate surface area is 159 Å². The molecule has 0 radical (unpaired) electrons. The first-order valence-corrected chi connectivity index (χ1v) is 8.81. The van der Waals surface area contributed by atoms with Crippen LogP contribution in [0.3, 0.4) is 0 Å². The number of aliphatic hydroxyl groups is 8. The van der Waals surface area contributed by atoms with Gasteiger partial charge in [0.25, 0.3) is 0 Å². The highest BCUT2D eigenvalue weighted by Gasteiger charge is 2.50. The van der Waals surface area contributed by atoms with Gasteiger partial charge in [0.1, 0.15) is 54.9 Å². The van der Waals surface area contributed by atoms with Gasteiger partial charge < -0.3 is 64.5 Å². The molecule has 0 aromatic carbocycles. The summed E-state index contributed by atoms with van der Waals surface area (Å²) in [4.78, 5) is 0. The van der Waals surface area contributed by atoms with Gasteiger partial charge in [0.05, 0.1) is 19.8 Å². The first kappa shape index (κ1) is 22.2. The van der Waals surface area contributed by atoms with E-state index in [-0.39, 0.29) is 13.2 Å². The largest absolute Gasteiger partial charge is 0.394 e. The summed E-state index contributed by atoms with van der Waals surface area (Å²) in [7, 11) is 0. The van der Waals surface area contributed by atoms with Crippen molar-refractivity contribution in [2.45, 2.75) is 73.8 Å². The molecule has 0 spiro atoms. The van der Waals surface area contributed by atoms with Crippen molar-refractivity contribution in [1.82, 2.24) is 0 Å². The van der Waals surface area contributed by atoms with Crippen LogP contribution < -0.4 is 0 Å². The Bertz CT molecular complexity index is 508. The van der Waals surface area contributed by atoms with Crippen LogP contribution in [0, 0.1) is 0 Å². The lowest BCUT2D eigenvalue weighted by Crippen LogP contribution is -2.60. The number of hydrogen-bond acceptors (Lipinski definition) is 13. The SMILES string of the molecule is OC[C@@H]1O[C@@H](O[C@@H]2[C@@H](O)[C@H](O)OC[C@H]2O[C@@H]2OC[C@@H](O)[C@H](O)[C@H]2O)[C@H](O)[C@H]1O. The normalized spacial score (nSPS) is 52.7. The van der Waals surface area contributed by atoms with Gasteiger partial charge in [-0.2, -0.15) is 0 Å². The summed E-state index contributed by atoms with van der Waals surface area (Å²) in [5.74, 6) is 0. The molecule has 3 aliphatic heterocycles. The van der Waals surface area contributed by atoms with E-state index in [0.717, 1.165) is 0 Å². The Morgan fingerprint density at radius 2 is 1.39 bits per heavy atom. The second-order valence-electron chi connectivity index (χ2n) is 6.95. The smallest absolute Gasteiger partial charge is 0.187 e. The van der Waals surface area contributed by atoms with E-state index < -0.39 is 80.4 Å². The maximum absolute atomic E-state index is 10.2. The molecule has 3 fully saturated rings. The number of rotatable bonds is 5. The summed E-state index contributed by atoms with van der Waals surface area (Å²) in [6.45, 7) is -1.22. The topological polar surface area (TPSA) is 208 Å². The molecule has 13 heteroatoms. The Morgan fingerprint density at radius 3 is 2.04 bits per heavy atom. The van der Waals surface area contributed by atoms with Gasteiger partial charge in [0.2, 0.25) is 0 Å². The van der Waals surface area contributed by atoms with Crippen LogP contribution in [0.5, 0.6) is 0 Å². The molecule has 0 amide bonds. The lowest BCUT2D eigenvalue weighted by atomic mass is 10.0. The second-order valence-corrected chi connectivity index (χ2v) is 6.95. The van der Waals surface area contributed by atoms with Crippen molar-refractivity contribution in [1.29, 1.82) is 0 Å². The molecular formula is C15H26O13. The van der Waals surface area contributed by atoms with Gasteiger partial charge in [-0.05, 0) is 0 Å². The number of aliphatic hydroxyl groups excluding tert-OH is 8. The van der Waals surface area contributed by atoms with Crippen LogP contribution in [-0.2, 0) is 23.7 Å². The van der Waals surface area contributed by atoms with E-state index in [1.807, 2.05) is 0 Å². The summed E-state index contributed by atoms with van der Waals surface area (Å²) < 4.78 is 26.3. The average Bonchev–Trinajstić information content (AvgIpc) is 2.95. The van der Waals surface area contributed by atoms with E-state index in [9.17, 15) is 35.7 Å². The third-order valence-corrected chi connectivity index (χ3v) is 4.98. The molecule has 28 heavy (non-hydrogen) atoms. The summed E-state index contributed by atoms with van der Waals surface area (Å²) in [5.41, 5.74) is 0.